The molecule has 12 heteroatoms. The van der Waals surface area contributed by atoms with Crippen molar-refractivity contribution in [3.05, 3.63) is 69.1 Å². The number of hydrogen-bond acceptors (Lipinski definition) is 6. The van der Waals surface area contributed by atoms with Crippen LogP contribution >= 0.6 is 11.3 Å². The second kappa shape index (κ2) is 11.6. The van der Waals surface area contributed by atoms with Gasteiger partial charge in [-0.1, -0.05) is 18.2 Å². The number of piperazine rings is 1. The molecule has 1 aromatic heterocycles. The van der Waals surface area contributed by atoms with E-state index in [2.05, 4.69) is 10.2 Å². The smallest absolute Gasteiger partial charge is 0.416 e. The van der Waals surface area contributed by atoms with Crippen molar-refractivity contribution in [3.63, 3.8) is 0 Å². The van der Waals surface area contributed by atoms with Crippen LogP contribution < -0.4 is 5.32 Å². The molecule has 8 nitrogen and oxygen atoms in total. The minimum absolute atomic E-state index is 0.0272. The highest BCUT2D eigenvalue weighted by molar-refractivity contribution is 7.12. The van der Waals surface area contributed by atoms with Crippen LogP contribution in [0.25, 0.3) is 0 Å². The van der Waals surface area contributed by atoms with E-state index < -0.39 is 29.8 Å². The molecule has 0 saturated carbocycles. The predicted molar refractivity (Wildman–Crippen MR) is 135 cm³/mol. The van der Waals surface area contributed by atoms with Crippen molar-refractivity contribution in [2.45, 2.75) is 26.1 Å². The zero-order valence-corrected chi connectivity index (χ0v) is 21.9. The van der Waals surface area contributed by atoms with Crippen molar-refractivity contribution >= 4 is 29.2 Å². The molecule has 3 heterocycles. The van der Waals surface area contributed by atoms with Crippen molar-refractivity contribution < 1.29 is 32.3 Å². The minimum atomic E-state index is -4.51. The summed E-state index contributed by atoms with van der Waals surface area (Å²) < 4.78 is 44.7. The normalized spacial score (nSPS) is 19.0. The number of nitrogens with one attached hydrogen (secondary N) is 1. The Bertz CT molecular complexity index is 1190. The van der Waals surface area contributed by atoms with Crippen LogP contribution in [0.15, 0.2) is 53.0 Å². The maximum atomic E-state index is 13.2. The van der Waals surface area contributed by atoms with E-state index in [1.807, 2.05) is 11.4 Å². The van der Waals surface area contributed by atoms with Crippen LogP contribution in [0.5, 0.6) is 0 Å². The zero-order valence-electron chi connectivity index (χ0n) is 21.1. The Labute approximate surface area is 222 Å². The molecule has 0 radical (unpaired) electrons. The Balaban J connectivity index is 1.62. The summed E-state index contributed by atoms with van der Waals surface area (Å²) in [6.45, 7) is 6.08. The minimum Gasteiger partial charge on any atom is -0.463 e. The summed E-state index contributed by atoms with van der Waals surface area (Å²) in [6, 6.07) is 6.59. The van der Waals surface area contributed by atoms with Gasteiger partial charge in [0.1, 0.15) is 0 Å². The number of rotatable bonds is 7. The van der Waals surface area contributed by atoms with E-state index in [9.17, 15) is 27.6 Å². The molecule has 1 saturated heterocycles. The lowest BCUT2D eigenvalue weighted by molar-refractivity contribution is -0.139. The Morgan fingerprint density at radius 3 is 2.32 bits per heavy atom. The molecule has 4 rings (SSSR count). The molecule has 3 amide bonds. The third-order valence-electron chi connectivity index (χ3n) is 6.59. The average Bonchev–Trinajstić information content (AvgIpc) is 3.43. The van der Waals surface area contributed by atoms with E-state index in [1.54, 1.807) is 24.8 Å². The fraction of sp³-hybridized carbons (Fsp3) is 0.423. The quantitative estimate of drug-likeness (QED) is 0.525. The first-order valence-electron chi connectivity index (χ1n) is 12.3. The van der Waals surface area contributed by atoms with Crippen molar-refractivity contribution in [1.29, 1.82) is 0 Å². The molecule has 0 bridgehead atoms. The van der Waals surface area contributed by atoms with Gasteiger partial charge in [-0.05, 0) is 43.0 Å². The Morgan fingerprint density at radius 2 is 1.76 bits per heavy atom. The number of thiophene rings is 1. The predicted octanol–water partition coefficient (Wildman–Crippen LogP) is 4.13. The van der Waals surface area contributed by atoms with E-state index in [1.165, 1.54) is 28.4 Å². The van der Waals surface area contributed by atoms with Gasteiger partial charge < -0.3 is 15.0 Å². The second-order valence-corrected chi connectivity index (χ2v) is 9.82. The monoisotopic (exact) mass is 550 g/mol. The topological polar surface area (TPSA) is 82.2 Å². The number of carbonyl (C=O) groups is 3. The SMILES string of the molecule is CCOC(=O)C1=C(CN2CCN(C(=O)c3cccs3)CC2)N(CC)C(=O)NC1c1ccc(C(F)(F)F)cc1. The first-order valence-corrected chi connectivity index (χ1v) is 13.2. The van der Waals surface area contributed by atoms with Gasteiger partial charge in [-0.2, -0.15) is 13.2 Å². The van der Waals surface area contributed by atoms with Crippen LogP contribution in [0.3, 0.4) is 0 Å². The van der Waals surface area contributed by atoms with E-state index in [4.69, 9.17) is 4.74 Å². The van der Waals surface area contributed by atoms with Crippen LogP contribution in [-0.2, 0) is 15.7 Å². The largest absolute Gasteiger partial charge is 0.463 e. The highest BCUT2D eigenvalue weighted by Crippen LogP contribution is 2.35. The number of ether oxygens (including phenoxy) is 1. The molecular weight excluding hydrogens is 521 g/mol. The summed E-state index contributed by atoms with van der Waals surface area (Å²) in [6.07, 6.45) is -4.51. The van der Waals surface area contributed by atoms with Crippen LogP contribution in [0.2, 0.25) is 0 Å². The summed E-state index contributed by atoms with van der Waals surface area (Å²) in [5.74, 6) is -0.668. The fourth-order valence-electron chi connectivity index (χ4n) is 4.65. The van der Waals surface area contributed by atoms with Crippen LogP contribution in [-0.4, -0.2) is 78.5 Å². The Morgan fingerprint density at radius 1 is 1.08 bits per heavy atom. The summed E-state index contributed by atoms with van der Waals surface area (Å²) in [5, 5.41) is 4.62. The van der Waals surface area contributed by atoms with E-state index >= 15 is 0 Å². The molecular formula is C26H29F3N4O4S. The molecule has 0 aliphatic carbocycles. The first-order chi connectivity index (χ1) is 18.1. The molecule has 2 aromatic rings. The Hall–Kier alpha value is -3.38. The Kier molecular flexibility index (Phi) is 8.41. The van der Waals surface area contributed by atoms with Gasteiger partial charge in [0.2, 0.25) is 0 Å². The average molecular weight is 551 g/mol. The molecule has 1 atom stereocenters. The third-order valence-corrected chi connectivity index (χ3v) is 7.44. The van der Waals surface area contributed by atoms with E-state index in [0.717, 1.165) is 12.1 Å². The van der Waals surface area contributed by atoms with Gasteiger partial charge in [-0.25, -0.2) is 9.59 Å². The standard InChI is InChI=1S/C26H29F3N4O4S/c1-3-33-19(16-31-11-13-32(14-12-31)23(34)20-6-5-15-38-20)21(24(35)37-4-2)22(30-25(33)36)17-7-9-18(10-8-17)26(27,28)29/h5-10,15,22H,3-4,11-14,16H2,1-2H3,(H,30,36). The maximum Gasteiger partial charge on any atom is 0.416 e. The first kappa shape index (κ1) is 27.6. The number of urea groups is 1. The van der Waals surface area contributed by atoms with Crippen molar-refractivity contribution in [2.75, 3.05) is 45.9 Å². The molecule has 0 spiro atoms. The number of halogens is 3. The maximum absolute atomic E-state index is 13.2. The summed E-state index contributed by atoms with van der Waals surface area (Å²) in [4.78, 5) is 44.9. The molecule has 1 N–H and O–H groups in total. The highest BCUT2D eigenvalue weighted by Gasteiger charge is 2.39. The van der Waals surface area contributed by atoms with Gasteiger partial charge >= 0.3 is 18.2 Å². The van der Waals surface area contributed by atoms with Gasteiger partial charge in [0.05, 0.1) is 28.7 Å². The number of likely N-dealkylation sites (N-methyl/N-ethyl adjacent to an activating group) is 1. The lowest BCUT2D eigenvalue weighted by Crippen LogP contribution is -2.53. The van der Waals surface area contributed by atoms with Crippen molar-refractivity contribution in [2.24, 2.45) is 0 Å². The van der Waals surface area contributed by atoms with Gasteiger partial charge in [-0.3, -0.25) is 14.6 Å². The number of carbonyl (C=O) groups excluding carboxylic acids is 3. The molecule has 204 valence electrons. The summed E-state index contributed by atoms with van der Waals surface area (Å²) in [5.41, 5.74) is 0.146. The fourth-order valence-corrected chi connectivity index (χ4v) is 5.34. The van der Waals surface area contributed by atoms with Crippen LogP contribution in [0.4, 0.5) is 18.0 Å². The molecule has 1 unspecified atom stereocenters. The molecule has 2 aliphatic heterocycles. The summed E-state index contributed by atoms with van der Waals surface area (Å²) >= 11 is 1.39. The lowest BCUT2D eigenvalue weighted by Gasteiger charge is -2.40. The number of nitrogens with zero attached hydrogens (tertiary/aromatic N) is 3. The van der Waals surface area contributed by atoms with Crippen LogP contribution in [0, 0.1) is 0 Å². The highest BCUT2D eigenvalue weighted by atomic mass is 32.1. The van der Waals surface area contributed by atoms with Gasteiger partial charge in [0.25, 0.3) is 5.91 Å². The molecule has 2 aliphatic rings. The lowest BCUT2D eigenvalue weighted by atomic mass is 9.93. The van der Waals surface area contributed by atoms with Crippen LogP contribution in [0.1, 0.15) is 40.7 Å². The van der Waals surface area contributed by atoms with Gasteiger partial charge in [0, 0.05) is 45.0 Å². The second-order valence-electron chi connectivity index (χ2n) is 8.87. The zero-order chi connectivity index (χ0) is 27.4. The number of benzene rings is 1. The molecule has 1 fully saturated rings. The number of amides is 3. The number of alkyl halides is 3. The molecule has 38 heavy (non-hydrogen) atoms. The van der Waals surface area contributed by atoms with Crippen molar-refractivity contribution in [1.82, 2.24) is 20.0 Å². The van der Waals surface area contributed by atoms with E-state index in [-0.39, 0.29) is 31.2 Å². The van der Waals surface area contributed by atoms with Gasteiger partial charge in [-0.15, -0.1) is 11.3 Å². The van der Waals surface area contributed by atoms with E-state index in [0.29, 0.717) is 42.3 Å². The van der Waals surface area contributed by atoms with Gasteiger partial charge in [0.15, 0.2) is 0 Å². The number of hydrogen-bond donors (Lipinski definition) is 1. The molecule has 1 aromatic carbocycles. The van der Waals surface area contributed by atoms with Crippen molar-refractivity contribution in [3.8, 4) is 0 Å². The summed E-state index contributed by atoms with van der Waals surface area (Å²) in [7, 11) is 0. The third kappa shape index (κ3) is 5.86. The number of esters is 1.